The van der Waals surface area contributed by atoms with Crippen LogP contribution in [-0.2, 0) is 4.74 Å². The summed E-state index contributed by atoms with van der Waals surface area (Å²) in [7, 11) is 1.29. The van der Waals surface area contributed by atoms with Gasteiger partial charge in [-0.05, 0) is 19.9 Å². The molecule has 1 aromatic rings. The summed E-state index contributed by atoms with van der Waals surface area (Å²) in [4.78, 5) is 30.0. The van der Waals surface area contributed by atoms with Gasteiger partial charge in [-0.3, -0.25) is 10.2 Å². The van der Waals surface area contributed by atoms with Crippen LogP contribution in [0.2, 0.25) is 0 Å². The first kappa shape index (κ1) is 18.8. The van der Waals surface area contributed by atoms with Crippen molar-refractivity contribution < 1.29 is 24.2 Å². The molecular weight excluding hydrogens is 328 g/mol. The summed E-state index contributed by atoms with van der Waals surface area (Å²) < 4.78 is 10.1. The monoisotopic (exact) mass is 352 g/mol. The predicted molar refractivity (Wildman–Crippen MR) is 91.0 cm³/mol. The van der Waals surface area contributed by atoms with Gasteiger partial charge in [-0.1, -0.05) is 0 Å². The van der Waals surface area contributed by atoms with Crippen LogP contribution in [0.5, 0.6) is 5.88 Å². The van der Waals surface area contributed by atoms with Gasteiger partial charge in [0.2, 0.25) is 5.88 Å². The summed E-state index contributed by atoms with van der Waals surface area (Å²) in [5.41, 5.74) is 0.520. The highest BCUT2D eigenvalue weighted by molar-refractivity contribution is 5.84. The van der Waals surface area contributed by atoms with Crippen LogP contribution in [0.15, 0.2) is 18.3 Å². The maximum Gasteiger partial charge on any atom is 0.411 e. The zero-order valence-electron chi connectivity index (χ0n) is 14.6. The smallest absolute Gasteiger partial charge is 0.411 e. The van der Waals surface area contributed by atoms with Crippen molar-refractivity contribution in [2.24, 2.45) is 0 Å². The molecule has 0 aromatic carbocycles. The summed E-state index contributed by atoms with van der Waals surface area (Å²) in [6.07, 6.45) is 0.0572. The zero-order chi connectivity index (χ0) is 18.4. The van der Waals surface area contributed by atoms with Gasteiger partial charge in [0.15, 0.2) is 0 Å². The Morgan fingerprint density at radius 3 is 2.52 bits per heavy atom. The van der Waals surface area contributed by atoms with E-state index in [1.54, 1.807) is 12.1 Å². The molecule has 0 bridgehead atoms. The van der Waals surface area contributed by atoms with E-state index < -0.39 is 12.2 Å². The number of carboxylic acid groups (broad SMARTS) is 1. The molecule has 25 heavy (non-hydrogen) atoms. The van der Waals surface area contributed by atoms with Crippen LogP contribution in [-0.4, -0.2) is 77.5 Å². The van der Waals surface area contributed by atoms with Crippen LogP contribution < -0.4 is 10.1 Å². The molecule has 2 amide bonds. The summed E-state index contributed by atoms with van der Waals surface area (Å²) in [5.74, 6) is 0.458. The molecule has 1 saturated heterocycles. The normalized spacial score (nSPS) is 20.8. The van der Waals surface area contributed by atoms with Crippen molar-refractivity contribution in [3.63, 3.8) is 0 Å². The molecule has 1 aliphatic rings. The Kier molecular flexibility index (Phi) is 6.40. The van der Waals surface area contributed by atoms with Gasteiger partial charge in [0, 0.05) is 37.8 Å². The minimum Gasteiger partial charge on any atom is -0.476 e. The lowest BCUT2D eigenvalue weighted by Crippen LogP contribution is -2.58. The molecule has 1 aliphatic heterocycles. The standard InChI is InChI=1S/C16H24N4O5/c1-11-9-19(16(22)23)10-12(2)20(11)6-7-25-14-5-4-13(8-17-14)18-15(21)24-3/h4-5,8,11-12H,6-7,9-10H2,1-3H3,(H,18,21)(H,22,23). The number of carbonyl (C=O) groups is 2. The quantitative estimate of drug-likeness (QED) is 0.831. The van der Waals surface area contributed by atoms with Crippen molar-refractivity contribution in [3.05, 3.63) is 18.3 Å². The summed E-state index contributed by atoms with van der Waals surface area (Å²) in [5, 5.41) is 11.6. The number of aromatic nitrogens is 1. The Bertz CT molecular complexity index is 583. The molecule has 2 N–H and O–H groups in total. The maximum atomic E-state index is 11.1. The average Bonchev–Trinajstić information content (AvgIpc) is 2.58. The number of pyridine rings is 1. The second kappa shape index (κ2) is 8.52. The highest BCUT2D eigenvalue weighted by Gasteiger charge is 2.31. The number of piperazine rings is 1. The molecule has 0 aliphatic carbocycles. The molecular formula is C16H24N4O5. The molecule has 9 nitrogen and oxygen atoms in total. The number of nitrogens with one attached hydrogen (secondary N) is 1. The van der Waals surface area contributed by atoms with Crippen molar-refractivity contribution in [2.75, 3.05) is 38.7 Å². The number of hydrogen-bond donors (Lipinski definition) is 2. The Balaban J connectivity index is 1.80. The van der Waals surface area contributed by atoms with E-state index in [0.29, 0.717) is 37.8 Å². The van der Waals surface area contributed by atoms with E-state index in [4.69, 9.17) is 9.84 Å². The second-order valence-corrected chi connectivity index (χ2v) is 5.97. The van der Waals surface area contributed by atoms with Crippen LogP contribution in [0.4, 0.5) is 15.3 Å². The third-order valence-electron chi connectivity index (χ3n) is 4.14. The first-order chi connectivity index (χ1) is 11.9. The molecule has 2 unspecified atom stereocenters. The van der Waals surface area contributed by atoms with E-state index in [-0.39, 0.29) is 12.1 Å². The summed E-state index contributed by atoms with van der Waals surface area (Å²) in [6.45, 7) is 6.13. The Labute approximate surface area is 146 Å². The Morgan fingerprint density at radius 1 is 1.32 bits per heavy atom. The van der Waals surface area contributed by atoms with Crippen LogP contribution in [0.3, 0.4) is 0 Å². The first-order valence-corrected chi connectivity index (χ1v) is 8.08. The fourth-order valence-corrected chi connectivity index (χ4v) is 2.92. The summed E-state index contributed by atoms with van der Waals surface area (Å²) >= 11 is 0. The number of rotatable bonds is 5. The van der Waals surface area contributed by atoms with E-state index in [9.17, 15) is 9.59 Å². The number of anilines is 1. The lowest BCUT2D eigenvalue weighted by molar-refractivity contribution is 0.0319. The van der Waals surface area contributed by atoms with E-state index in [0.717, 1.165) is 0 Å². The first-order valence-electron chi connectivity index (χ1n) is 8.08. The van der Waals surface area contributed by atoms with Crippen molar-refractivity contribution >= 4 is 17.9 Å². The van der Waals surface area contributed by atoms with Gasteiger partial charge in [-0.15, -0.1) is 0 Å². The fraction of sp³-hybridized carbons (Fsp3) is 0.562. The number of amides is 2. The molecule has 1 aromatic heterocycles. The Hall–Kier alpha value is -2.55. The van der Waals surface area contributed by atoms with Crippen molar-refractivity contribution in [1.29, 1.82) is 0 Å². The largest absolute Gasteiger partial charge is 0.476 e. The van der Waals surface area contributed by atoms with Crippen LogP contribution >= 0.6 is 0 Å². The molecule has 2 rings (SSSR count). The van der Waals surface area contributed by atoms with E-state index >= 15 is 0 Å². The highest BCUT2D eigenvalue weighted by Crippen LogP contribution is 2.16. The highest BCUT2D eigenvalue weighted by atomic mass is 16.5. The molecule has 0 spiro atoms. The molecule has 2 heterocycles. The molecule has 1 fully saturated rings. The average molecular weight is 352 g/mol. The lowest BCUT2D eigenvalue weighted by Gasteiger charge is -2.43. The third kappa shape index (κ3) is 5.21. The molecule has 9 heteroatoms. The second-order valence-electron chi connectivity index (χ2n) is 5.97. The van der Waals surface area contributed by atoms with Crippen LogP contribution in [0, 0.1) is 0 Å². The molecule has 0 radical (unpaired) electrons. The van der Waals surface area contributed by atoms with Crippen LogP contribution in [0.1, 0.15) is 13.8 Å². The molecule has 138 valence electrons. The summed E-state index contributed by atoms with van der Waals surface area (Å²) in [6, 6.07) is 3.60. The SMILES string of the molecule is COC(=O)Nc1ccc(OCCN2C(C)CN(C(=O)O)CC2C)nc1. The molecule has 2 atom stereocenters. The minimum atomic E-state index is -0.876. The zero-order valence-corrected chi connectivity index (χ0v) is 14.6. The number of carbonyl (C=O) groups excluding carboxylic acids is 1. The minimum absolute atomic E-state index is 0.128. The van der Waals surface area contributed by atoms with Gasteiger partial charge in [-0.2, -0.15) is 0 Å². The van der Waals surface area contributed by atoms with Gasteiger partial charge >= 0.3 is 12.2 Å². The molecule has 0 saturated carbocycles. The maximum absolute atomic E-state index is 11.1. The van der Waals surface area contributed by atoms with Gasteiger partial charge in [-0.25, -0.2) is 14.6 Å². The van der Waals surface area contributed by atoms with E-state index in [1.165, 1.54) is 18.2 Å². The number of hydrogen-bond acceptors (Lipinski definition) is 6. The third-order valence-corrected chi connectivity index (χ3v) is 4.14. The predicted octanol–water partition coefficient (Wildman–Crippen LogP) is 1.71. The van der Waals surface area contributed by atoms with Crippen molar-refractivity contribution in [3.8, 4) is 5.88 Å². The topological polar surface area (TPSA) is 104 Å². The Morgan fingerprint density at radius 2 is 2.00 bits per heavy atom. The van der Waals surface area contributed by atoms with Gasteiger partial charge < -0.3 is 19.5 Å². The lowest BCUT2D eigenvalue weighted by atomic mass is 10.1. The van der Waals surface area contributed by atoms with Crippen molar-refractivity contribution in [2.45, 2.75) is 25.9 Å². The van der Waals surface area contributed by atoms with E-state index in [2.05, 4.69) is 19.9 Å². The number of nitrogens with zero attached hydrogens (tertiary/aromatic N) is 3. The van der Waals surface area contributed by atoms with Gasteiger partial charge in [0.25, 0.3) is 0 Å². The number of methoxy groups -OCH3 is 1. The van der Waals surface area contributed by atoms with Gasteiger partial charge in [0.05, 0.1) is 19.0 Å². The van der Waals surface area contributed by atoms with Crippen molar-refractivity contribution in [1.82, 2.24) is 14.8 Å². The number of ether oxygens (including phenoxy) is 2. The van der Waals surface area contributed by atoms with Crippen LogP contribution in [0.25, 0.3) is 0 Å². The van der Waals surface area contributed by atoms with E-state index in [1.807, 2.05) is 13.8 Å². The van der Waals surface area contributed by atoms with Gasteiger partial charge in [0.1, 0.15) is 6.61 Å². The fourth-order valence-electron chi connectivity index (χ4n) is 2.92.